The molecule has 0 heterocycles. The number of hydrogen-bond acceptors (Lipinski definition) is 3. The summed E-state index contributed by atoms with van der Waals surface area (Å²) in [5.74, 6) is -0.976. The Labute approximate surface area is 126 Å². The maximum atomic E-state index is 11.9. The van der Waals surface area contributed by atoms with E-state index in [9.17, 15) is 14.4 Å². The van der Waals surface area contributed by atoms with Crippen LogP contribution < -0.4 is 10.6 Å². The van der Waals surface area contributed by atoms with E-state index in [1.165, 1.54) is 4.90 Å². The van der Waals surface area contributed by atoms with Gasteiger partial charge in [-0.15, -0.1) is 0 Å². The molecule has 0 aromatic rings. The molecule has 0 saturated carbocycles. The van der Waals surface area contributed by atoms with Gasteiger partial charge in [0.25, 0.3) is 0 Å². The lowest BCUT2D eigenvalue weighted by Gasteiger charge is -2.21. The van der Waals surface area contributed by atoms with Crippen LogP contribution in [0.25, 0.3) is 0 Å². The quantitative estimate of drug-likeness (QED) is 0.528. The summed E-state index contributed by atoms with van der Waals surface area (Å²) in [7, 11) is 0. The second-order valence-corrected chi connectivity index (χ2v) is 5.17. The molecular formula is C14H27N3O4. The van der Waals surface area contributed by atoms with Gasteiger partial charge in [-0.25, -0.2) is 4.79 Å². The number of carbonyl (C=O) groups is 3. The summed E-state index contributed by atoms with van der Waals surface area (Å²) in [5.41, 5.74) is 0. The predicted octanol–water partition coefficient (Wildman–Crippen LogP) is 1.19. The number of amides is 3. The smallest absolute Gasteiger partial charge is 0.317 e. The van der Waals surface area contributed by atoms with Crippen molar-refractivity contribution >= 4 is 17.9 Å². The van der Waals surface area contributed by atoms with Crippen molar-refractivity contribution in [3.05, 3.63) is 0 Å². The van der Waals surface area contributed by atoms with Gasteiger partial charge in [-0.3, -0.25) is 9.59 Å². The number of carboxylic acids is 1. The molecule has 0 aromatic carbocycles. The highest BCUT2D eigenvalue weighted by atomic mass is 16.4. The highest BCUT2D eigenvalue weighted by molar-refractivity contribution is 5.84. The number of urea groups is 1. The highest BCUT2D eigenvalue weighted by Crippen LogP contribution is 1.99. The van der Waals surface area contributed by atoms with Crippen molar-refractivity contribution < 1.29 is 19.5 Å². The molecule has 7 heteroatoms. The van der Waals surface area contributed by atoms with Gasteiger partial charge in [-0.1, -0.05) is 6.42 Å². The van der Waals surface area contributed by atoms with E-state index in [-0.39, 0.29) is 30.9 Å². The zero-order valence-electron chi connectivity index (χ0n) is 13.1. The topological polar surface area (TPSA) is 98.7 Å². The number of rotatable bonds is 10. The first kappa shape index (κ1) is 19.2. The first-order chi connectivity index (χ1) is 9.86. The number of hydrogen-bond donors (Lipinski definition) is 3. The Morgan fingerprint density at radius 2 is 1.81 bits per heavy atom. The van der Waals surface area contributed by atoms with Crippen molar-refractivity contribution in [1.29, 1.82) is 0 Å². The molecule has 0 aliphatic rings. The SMILES string of the molecule is CCN(CC(=O)NC(C)C)C(=O)NCCCCCC(=O)O. The average molecular weight is 301 g/mol. The van der Waals surface area contributed by atoms with E-state index in [4.69, 9.17) is 5.11 Å². The van der Waals surface area contributed by atoms with Crippen LogP contribution in [0.1, 0.15) is 46.5 Å². The third-order valence-electron chi connectivity index (χ3n) is 2.80. The summed E-state index contributed by atoms with van der Waals surface area (Å²) in [4.78, 5) is 35.3. The van der Waals surface area contributed by atoms with E-state index in [1.807, 2.05) is 20.8 Å². The predicted molar refractivity (Wildman–Crippen MR) is 80.0 cm³/mol. The van der Waals surface area contributed by atoms with Gasteiger partial charge in [0.1, 0.15) is 6.54 Å². The lowest BCUT2D eigenvalue weighted by Crippen LogP contribution is -2.46. The van der Waals surface area contributed by atoms with E-state index in [0.29, 0.717) is 19.5 Å². The molecule has 0 aromatic heterocycles. The van der Waals surface area contributed by atoms with Crippen molar-refractivity contribution in [3.63, 3.8) is 0 Å². The lowest BCUT2D eigenvalue weighted by atomic mass is 10.2. The second-order valence-electron chi connectivity index (χ2n) is 5.17. The molecule has 0 aliphatic heterocycles. The van der Waals surface area contributed by atoms with Crippen LogP contribution in [0, 0.1) is 0 Å². The molecule has 3 amide bonds. The average Bonchev–Trinajstić information content (AvgIpc) is 2.38. The number of carbonyl (C=O) groups excluding carboxylic acids is 2. The minimum atomic E-state index is -0.799. The minimum absolute atomic E-state index is 0.0412. The third-order valence-corrected chi connectivity index (χ3v) is 2.80. The van der Waals surface area contributed by atoms with Crippen LogP contribution in [0.5, 0.6) is 0 Å². The fourth-order valence-corrected chi connectivity index (χ4v) is 1.75. The Bertz CT molecular complexity index is 345. The fourth-order valence-electron chi connectivity index (χ4n) is 1.75. The maximum absolute atomic E-state index is 11.9. The molecule has 7 nitrogen and oxygen atoms in total. The largest absolute Gasteiger partial charge is 0.481 e. The van der Waals surface area contributed by atoms with Crippen LogP contribution in [0.4, 0.5) is 4.79 Å². The first-order valence-electron chi connectivity index (χ1n) is 7.40. The van der Waals surface area contributed by atoms with Gasteiger partial charge in [0.2, 0.25) is 5.91 Å². The summed E-state index contributed by atoms with van der Waals surface area (Å²) in [6, 6.07) is -0.219. The number of nitrogens with zero attached hydrogens (tertiary/aromatic N) is 1. The zero-order chi connectivity index (χ0) is 16.3. The van der Waals surface area contributed by atoms with Crippen LogP contribution in [-0.4, -0.2) is 53.6 Å². The third kappa shape index (κ3) is 10.6. The highest BCUT2D eigenvalue weighted by Gasteiger charge is 2.15. The molecule has 0 atom stereocenters. The molecule has 122 valence electrons. The van der Waals surface area contributed by atoms with Gasteiger partial charge in [-0.05, 0) is 33.6 Å². The summed E-state index contributed by atoms with van der Waals surface area (Å²) >= 11 is 0. The summed E-state index contributed by atoms with van der Waals surface area (Å²) in [6.45, 7) is 6.53. The molecule has 3 N–H and O–H groups in total. The maximum Gasteiger partial charge on any atom is 0.317 e. The van der Waals surface area contributed by atoms with Crippen LogP contribution in [-0.2, 0) is 9.59 Å². The first-order valence-corrected chi connectivity index (χ1v) is 7.40. The van der Waals surface area contributed by atoms with E-state index < -0.39 is 5.97 Å². The number of nitrogens with one attached hydrogen (secondary N) is 2. The Kier molecular flexibility index (Phi) is 10.0. The van der Waals surface area contributed by atoms with Crippen LogP contribution in [0.15, 0.2) is 0 Å². The number of aliphatic carboxylic acids is 1. The van der Waals surface area contributed by atoms with E-state index in [1.54, 1.807) is 0 Å². The molecule has 0 radical (unpaired) electrons. The molecule has 0 saturated heterocycles. The van der Waals surface area contributed by atoms with Gasteiger partial charge in [0.05, 0.1) is 0 Å². The Morgan fingerprint density at radius 3 is 2.33 bits per heavy atom. The van der Waals surface area contributed by atoms with Gasteiger partial charge >= 0.3 is 12.0 Å². The van der Waals surface area contributed by atoms with Crippen LogP contribution in [0.3, 0.4) is 0 Å². The van der Waals surface area contributed by atoms with Crippen LogP contribution in [0.2, 0.25) is 0 Å². The molecular weight excluding hydrogens is 274 g/mol. The normalized spacial score (nSPS) is 10.3. The monoisotopic (exact) mass is 301 g/mol. The zero-order valence-corrected chi connectivity index (χ0v) is 13.1. The van der Waals surface area contributed by atoms with E-state index in [0.717, 1.165) is 12.8 Å². The van der Waals surface area contributed by atoms with Gasteiger partial charge in [-0.2, -0.15) is 0 Å². The Hall–Kier alpha value is -1.79. The van der Waals surface area contributed by atoms with Crippen molar-refractivity contribution in [2.45, 2.75) is 52.5 Å². The molecule has 0 bridgehead atoms. The number of carboxylic acid groups (broad SMARTS) is 1. The standard InChI is InChI=1S/C14H27N3O4/c1-4-17(10-12(18)16-11(2)3)14(21)15-9-7-5-6-8-13(19)20/h11H,4-10H2,1-3H3,(H,15,21)(H,16,18)(H,19,20). The van der Waals surface area contributed by atoms with E-state index >= 15 is 0 Å². The van der Waals surface area contributed by atoms with E-state index in [2.05, 4.69) is 10.6 Å². The number of likely N-dealkylation sites (N-methyl/N-ethyl adjacent to an activating group) is 1. The summed E-state index contributed by atoms with van der Waals surface area (Å²) < 4.78 is 0. The molecule has 0 spiro atoms. The second kappa shape index (κ2) is 10.9. The molecule has 0 fully saturated rings. The van der Waals surface area contributed by atoms with Gasteiger partial charge in [0, 0.05) is 25.6 Å². The van der Waals surface area contributed by atoms with Crippen molar-refractivity contribution in [1.82, 2.24) is 15.5 Å². The summed E-state index contributed by atoms with van der Waals surface area (Å²) in [5, 5.41) is 14.0. The van der Waals surface area contributed by atoms with Crippen molar-refractivity contribution in [2.75, 3.05) is 19.6 Å². The molecule has 0 aliphatic carbocycles. The molecule has 0 unspecified atom stereocenters. The molecule has 0 rings (SSSR count). The van der Waals surface area contributed by atoms with Crippen molar-refractivity contribution in [3.8, 4) is 0 Å². The minimum Gasteiger partial charge on any atom is -0.481 e. The molecule has 21 heavy (non-hydrogen) atoms. The Morgan fingerprint density at radius 1 is 1.14 bits per heavy atom. The van der Waals surface area contributed by atoms with Crippen molar-refractivity contribution in [2.24, 2.45) is 0 Å². The van der Waals surface area contributed by atoms with Crippen LogP contribution >= 0.6 is 0 Å². The number of unbranched alkanes of at least 4 members (excludes halogenated alkanes) is 2. The Balaban J connectivity index is 3.89. The van der Waals surface area contributed by atoms with Gasteiger partial charge < -0.3 is 20.6 Å². The fraction of sp³-hybridized carbons (Fsp3) is 0.786. The lowest BCUT2D eigenvalue weighted by molar-refractivity contribution is -0.137. The van der Waals surface area contributed by atoms with Gasteiger partial charge in [0.15, 0.2) is 0 Å². The summed E-state index contributed by atoms with van der Waals surface area (Å²) in [6.07, 6.45) is 2.26.